The van der Waals surface area contributed by atoms with Gasteiger partial charge in [-0.15, -0.1) is 12.4 Å². The average Bonchev–Trinajstić information content (AvgIpc) is 2.03. The minimum atomic E-state index is -3.18. The molecule has 13 heavy (non-hydrogen) atoms. The first-order valence-corrected chi connectivity index (χ1v) is 5.46. The standard InChI is InChI=1S/C8H11NO2S.ClH/c1-12(10,11)8(9)7-5-3-2-4-6-7;/h2-6,8H,9H2,1H3;1H. The second kappa shape index (κ2) is 4.60. The summed E-state index contributed by atoms with van der Waals surface area (Å²) >= 11 is 0. The van der Waals surface area contributed by atoms with Gasteiger partial charge in [-0.25, -0.2) is 8.42 Å². The highest BCUT2D eigenvalue weighted by Crippen LogP contribution is 2.14. The summed E-state index contributed by atoms with van der Waals surface area (Å²) in [5.41, 5.74) is 6.11. The molecule has 2 N–H and O–H groups in total. The molecule has 0 saturated carbocycles. The van der Waals surface area contributed by atoms with Gasteiger partial charge in [-0.05, 0) is 5.56 Å². The van der Waals surface area contributed by atoms with E-state index in [-0.39, 0.29) is 12.4 Å². The van der Waals surface area contributed by atoms with Crippen LogP contribution in [0.3, 0.4) is 0 Å². The first-order chi connectivity index (χ1) is 5.52. The highest BCUT2D eigenvalue weighted by Gasteiger charge is 2.16. The number of hydrogen-bond donors (Lipinski definition) is 1. The quantitative estimate of drug-likeness (QED) is 0.814. The topological polar surface area (TPSA) is 60.2 Å². The molecule has 5 heteroatoms. The van der Waals surface area contributed by atoms with Crippen molar-refractivity contribution in [2.75, 3.05) is 6.26 Å². The molecule has 1 aromatic carbocycles. The van der Waals surface area contributed by atoms with Crippen molar-refractivity contribution in [2.24, 2.45) is 5.73 Å². The summed E-state index contributed by atoms with van der Waals surface area (Å²) in [4.78, 5) is 0. The minimum absolute atomic E-state index is 0. The molecule has 0 fully saturated rings. The molecular formula is C8H12ClNO2S. The zero-order valence-corrected chi connectivity index (χ0v) is 8.81. The van der Waals surface area contributed by atoms with Crippen molar-refractivity contribution in [1.82, 2.24) is 0 Å². The van der Waals surface area contributed by atoms with Gasteiger partial charge < -0.3 is 5.73 Å². The van der Waals surface area contributed by atoms with Crippen LogP contribution in [-0.2, 0) is 9.84 Å². The van der Waals surface area contributed by atoms with Crippen molar-refractivity contribution in [3.8, 4) is 0 Å². The number of hydrogen-bond acceptors (Lipinski definition) is 3. The van der Waals surface area contributed by atoms with Gasteiger partial charge in [-0.3, -0.25) is 0 Å². The van der Waals surface area contributed by atoms with Gasteiger partial charge in [0.15, 0.2) is 9.84 Å². The Labute approximate surface area is 84.3 Å². The summed E-state index contributed by atoms with van der Waals surface area (Å²) < 4.78 is 22.0. The monoisotopic (exact) mass is 221 g/mol. The van der Waals surface area contributed by atoms with Gasteiger partial charge in [0.05, 0.1) is 0 Å². The summed E-state index contributed by atoms with van der Waals surface area (Å²) in [6.07, 6.45) is 1.13. The van der Waals surface area contributed by atoms with Crippen LogP contribution in [0.2, 0.25) is 0 Å². The van der Waals surface area contributed by atoms with E-state index in [0.717, 1.165) is 6.26 Å². The molecule has 0 aliphatic carbocycles. The zero-order chi connectivity index (χ0) is 9.19. The third kappa shape index (κ3) is 3.34. The fourth-order valence-corrected chi connectivity index (χ4v) is 1.54. The predicted octanol–water partition coefficient (Wildman–Crippen LogP) is 1.11. The van der Waals surface area contributed by atoms with Crippen molar-refractivity contribution in [1.29, 1.82) is 0 Å². The van der Waals surface area contributed by atoms with Crippen LogP contribution in [-0.4, -0.2) is 14.7 Å². The normalized spacial score (nSPS) is 13.1. The zero-order valence-electron chi connectivity index (χ0n) is 7.17. The lowest BCUT2D eigenvalue weighted by Crippen LogP contribution is -2.20. The summed E-state index contributed by atoms with van der Waals surface area (Å²) in [7, 11) is -3.18. The molecule has 0 aliphatic heterocycles. The highest BCUT2D eigenvalue weighted by molar-refractivity contribution is 7.90. The summed E-state index contributed by atoms with van der Waals surface area (Å²) in [5, 5.41) is -0.904. The highest BCUT2D eigenvalue weighted by atomic mass is 35.5. The van der Waals surface area contributed by atoms with E-state index in [1.807, 2.05) is 6.07 Å². The molecule has 1 rings (SSSR count). The number of rotatable bonds is 2. The SMILES string of the molecule is CS(=O)(=O)C(N)c1ccccc1.Cl. The van der Waals surface area contributed by atoms with Gasteiger partial charge >= 0.3 is 0 Å². The van der Waals surface area contributed by atoms with Gasteiger partial charge in [0, 0.05) is 6.26 Å². The van der Waals surface area contributed by atoms with E-state index in [9.17, 15) is 8.42 Å². The molecule has 3 nitrogen and oxygen atoms in total. The number of benzene rings is 1. The van der Waals surface area contributed by atoms with Gasteiger partial charge in [-0.2, -0.15) is 0 Å². The third-order valence-electron chi connectivity index (χ3n) is 1.59. The van der Waals surface area contributed by atoms with E-state index in [0.29, 0.717) is 5.56 Å². The van der Waals surface area contributed by atoms with Crippen molar-refractivity contribution in [2.45, 2.75) is 5.37 Å². The van der Waals surface area contributed by atoms with E-state index in [2.05, 4.69) is 0 Å². The first-order valence-electron chi connectivity index (χ1n) is 3.51. The van der Waals surface area contributed by atoms with E-state index >= 15 is 0 Å². The van der Waals surface area contributed by atoms with Crippen molar-refractivity contribution in [3.05, 3.63) is 35.9 Å². The fraction of sp³-hybridized carbons (Fsp3) is 0.250. The average molecular weight is 222 g/mol. The summed E-state index contributed by atoms with van der Waals surface area (Å²) in [6, 6.07) is 8.75. The van der Waals surface area contributed by atoms with Crippen LogP contribution in [0, 0.1) is 0 Å². The number of nitrogens with two attached hydrogens (primary N) is 1. The predicted molar refractivity (Wildman–Crippen MR) is 55.5 cm³/mol. The van der Waals surface area contributed by atoms with E-state index in [1.165, 1.54) is 0 Å². The Bertz CT molecular complexity index is 350. The summed E-state index contributed by atoms with van der Waals surface area (Å²) in [5.74, 6) is 0. The number of halogens is 1. The van der Waals surface area contributed by atoms with E-state index < -0.39 is 15.2 Å². The maximum absolute atomic E-state index is 11.0. The number of sulfone groups is 1. The Hall–Kier alpha value is -0.580. The Morgan fingerprint density at radius 2 is 1.69 bits per heavy atom. The molecule has 0 heterocycles. The van der Waals surface area contributed by atoms with Gasteiger partial charge in [0.1, 0.15) is 5.37 Å². The molecule has 0 aliphatic rings. The molecule has 0 aromatic heterocycles. The molecule has 1 unspecified atom stereocenters. The smallest absolute Gasteiger partial charge is 0.167 e. The van der Waals surface area contributed by atoms with Crippen LogP contribution in [0.5, 0.6) is 0 Å². The molecule has 74 valence electrons. The van der Waals surface area contributed by atoms with Crippen LogP contribution in [0.4, 0.5) is 0 Å². The van der Waals surface area contributed by atoms with Crippen molar-refractivity contribution in [3.63, 3.8) is 0 Å². The van der Waals surface area contributed by atoms with Crippen molar-refractivity contribution >= 4 is 22.2 Å². The Morgan fingerprint density at radius 3 is 2.08 bits per heavy atom. The van der Waals surface area contributed by atoms with Crippen LogP contribution in [0.25, 0.3) is 0 Å². The Morgan fingerprint density at radius 1 is 1.23 bits per heavy atom. The lowest BCUT2D eigenvalue weighted by molar-refractivity contribution is 0.590. The lowest BCUT2D eigenvalue weighted by Gasteiger charge is -2.08. The third-order valence-corrected chi connectivity index (χ3v) is 2.78. The Kier molecular flexibility index (Phi) is 4.39. The van der Waals surface area contributed by atoms with Crippen LogP contribution in [0.15, 0.2) is 30.3 Å². The largest absolute Gasteiger partial charge is 0.311 e. The van der Waals surface area contributed by atoms with Gasteiger partial charge in [0.25, 0.3) is 0 Å². The molecule has 0 spiro atoms. The molecule has 0 saturated heterocycles. The van der Waals surface area contributed by atoms with Crippen LogP contribution >= 0.6 is 12.4 Å². The second-order valence-electron chi connectivity index (χ2n) is 2.66. The fourth-order valence-electron chi connectivity index (χ4n) is 0.890. The van der Waals surface area contributed by atoms with Gasteiger partial charge in [-0.1, -0.05) is 30.3 Å². The van der Waals surface area contributed by atoms with E-state index in [4.69, 9.17) is 5.73 Å². The molecule has 1 aromatic rings. The minimum Gasteiger partial charge on any atom is -0.311 e. The van der Waals surface area contributed by atoms with E-state index in [1.54, 1.807) is 24.3 Å². The van der Waals surface area contributed by atoms with Gasteiger partial charge in [0.2, 0.25) is 0 Å². The van der Waals surface area contributed by atoms with Crippen LogP contribution < -0.4 is 5.73 Å². The Balaban J connectivity index is 0.00000144. The second-order valence-corrected chi connectivity index (χ2v) is 4.83. The molecule has 0 bridgehead atoms. The maximum atomic E-state index is 11.0. The maximum Gasteiger partial charge on any atom is 0.167 e. The molecule has 1 atom stereocenters. The van der Waals surface area contributed by atoms with Crippen molar-refractivity contribution < 1.29 is 8.42 Å². The first kappa shape index (κ1) is 12.4. The lowest BCUT2D eigenvalue weighted by atomic mass is 10.2. The summed E-state index contributed by atoms with van der Waals surface area (Å²) in [6.45, 7) is 0. The molecular weight excluding hydrogens is 210 g/mol. The molecule has 0 amide bonds. The molecule has 0 radical (unpaired) electrons. The van der Waals surface area contributed by atoms with Crippen LogP contribution in [0.1, 0.15) is 10.9 Å².